The van der Waals surface area contributed by atoms with E-state index in [1.54, 1.807) is 0 Å². The highest BCUT2D eigenvalue weighted by atomic mass is 32.1. The van der Waals surface area contributed by atoms with Crippen molar-refractivity contribution in [3.05, 3.63) is 27.7 Å². The van der Waals surface area contributed by atoms with Crippen LogP contribution in [0.3, 0.4) is 0 Å². The fourth-order valence-corrected chi connectivity index (χ4v) is 2.29. The van der Waals surface area contributed by atoms with Gasteiger partial charge in [0.2, 0.25) is 0 Å². The van der Waals surface area contributed by atoms with Crippen LogP contribution in [0.2, 0.25) is 0 Å². The smallest absolute Gasteiger partial charge is 0.164 e. The van der Waals surface area contributed by atoms with Gasteiger partial charge in [0.15, 0.2) is 5.67 Å². The Kier molecular flexibility index (Phi) is 1.58. The summed E-state index contributed by atoms with van der Waals surface area (Å²) in [7, 11) is 0. The number of hydrogen-bond donors (Lipinski definition) is 0. The number of thiophene rings is 1. The van der Waals surface area contributed by atoms with Crippen LogP contribution in [0.15, 0.2) is 17.3 Å². The summed E-state index contributed by atoms with van der Waals surface area (Å²) >= 11 is 1.48. The second-order valence-electron chi connectivity index (χ2n) is 3.17. The van der Waals surface area contributed by atoms with Crippen LogP contribution in [0, 0.1) is 0 Å². The van der Waals surface area contributed by atoms with Gasteiger partial charge in [0, 0.05) is 11.3 Å². The van der Waals surface area contributed by atoms with E-state index in [4.69, 9.17) is 0 Å². The van der Waals surface area contributed by atoms with Crippen LogP contribution in [0.1, 0.15) is 17.4 Å². The van der Waals surface area contributed by atoms with E-state index in [1.807, 2.05) is 11.4 Å². The van der Waals surface area contributed by atoms with E-state index in [9.17, 15) is 8.78 Å². The molecule has 0 saturated heterocycles. The normalized spacial score (nSPS) is 28.1. The minimum atomic E-state index is -1.79. The highest BCUT2D eigenvalue weighted by Crippen LogP contribution is 2.37. The first-order valence-corrected chi connectivity index (χ1v) is 4.60. The molecule has 0 radical (unpaired) electrons. The second kappa shape index (κ2) is 2.39. The molecule has 12 heavy (non-hydrogen) atoms. The highest BCUT2D eigenvalue weighted by molar-refractivity contribution is 7.10. The first kappa shape index (κ1) is 7.92. The summed E-state index contributed by atoms with van der Waals surface area (Å²) in [4.78, 5) is 0.932. The lowest BCUT2D eigenvalue weighted by Gasteiger charge is -2.21. The van der Waals surface area contributed by atoms with E-state index in [-0.39, 0.29) is 6.42 Å². The molecule has 1 aromatic rings. The number of hydrogen-bond acceptors (Lipinski definition) is 1. The van der Waals surface area contributed by atoms with Gasteiger partial charge in [0.1, 0.15) is 5.83 Å². The van der Waals surface area contributed by atoms with Crippen LogP contribution in [0.4, 0.5) is 8.78 Å². The average molecular weight is 186 g/mol. The monoisotopic (exact) mass is 186 g/mol. The summed E-state index contributed by atoms with van der Waals surface area (Å²) in [6.45, 7) is 1.28. The minimum absolute atomic E-state index is 0.169. The molecular formula is C9H8F2S. The van der Waals surface area contributed by atoms with Crippen molar-refractivity contribution in [2.75, 3.05) is 0 Å². The van der Waals surface area contributed by atoms with Crippen LogP contribution in [-0.2, 0) is 6.42 Å². The Labute approximate surface area is 73.5 Å². The molecule has 0 aromatic carbocycles. The van der Waals surface area contributed by atoms with E-state index in [2.05, 4.69) is 0 Å². The lowest BCUT2D eigenvalue weighted by molar-refractivity contribution is 0.199. The summed E-state index contributed by atoms with van der Waals surface area (Å²) in [5.74, 6) is -0.659. The Morgan fingerprint density at radius 2 is 2.33 bits per heavy atom. The second-order valence-corrected chi connectivity index (χ2v) is 4.17. The Bertz CT molecular complexity index is 336. The SMILES string of the molecule is CC1(F)Cc2sccc2C=C1F. The number of allylic oxidation sites excluding steroid dienone is 1. The zero-order valence-electron chi connectivity index (χ0n) is 6.60. The van der Waals surface area contributed by atoms with Crippen LogP contribution in [0.25, 0.3) is 6.08 Å². The van der Waals surface area contributed by atoms with Gasteiger partial charge >= 0.3 is 0 Å². The van der Waals surface area contributed by atoms with Crippen molar-refractivity contribution in [1.29, 1.82) is 0 Å². The molecule has 1 aromatic heterocycles. The number of fused-ring (bicyclic) bond motifs is 1. The molecule has 0 amide bonds. The summed E-state index contributed by atoms with van der Waals surface area (Å²) in [6.07, 6.45) is 1.46. The third-order valence-electron chi connectivity index (χ3n) is 2.05. The van der Waals surface area contributed by atoms with Crippen molar-refractivity contribution in [1.82, 2.24) is 0 Å². The van der Waals surface area contributed by atoms with E-state index < -0.39 is 11.5 Å². The molecule has 0 N–H and O–H groups in total. The molecule has 0 bridgehead atoms. The molecule has 1 heterocycles. The molecule has 0 nitrogen and oxygen atoms in total. The van der Waals surface area contributed by atoms with E-state index >= 15 is 0 Å². The van der Waals surface area contributed by atoms with Crippen molar-refractivity contribution >= 4 is 17.4 Å². The molecule has 1 aliphatic carbocycles. The van der Waals surface area contributed by atoms with Gasteiger partial charge in [0.25, 0.3) is 0 Å². The van der Waals surface area contributed by atoms with Crippen LogP contribution in [-0.4, -0.2) is 5.67 Å². The first-order valence-electron chi connectivity index (χ1n) is 3.72. The molecule has 0 saturated carbocycles. The van der Waals surface area contributed by atoms with Gasteiger partial charge in [-0.25, -0.2) is 8.78 Å². The van der Waals surface area contributed by atoms with Crippen molar-refractivity contribution in [2.24, 2.45) is 0 Å². The molecule has 64 valence electrons. The van der Waals surface area contributed by atoms with Gasteiger partial charge in [-0.05, 0) is 30.0 Å². The van der Waals surface area contributed by atoms with Crippen LogP contribution >= 0.6 is 11.3 Å². The number of alkyl halides is 1. The lowest BCUT2D eigenvalue weighted by atomic mass is 9.94. The fraction of sp³-hybridized carbons (Fsp3) is 0.333. The maximum atomic E-state index is 13.4. The molecule has 1 aliphatic rings. The van der Waals surface area contributed by atoms with Crippen molar-refractivity contribution in [3.63, 3.8) is 0 Å². The zero-order chi connectivity index (χ0) is 8.77. The molecule has 1 atom stereocenters. The third kappa shape index (κ3) is 1.08. The van der Waals surface area contributed by atoms with Crippen LogP contribution < -0.4 is 0 Å². The van der Waals surface area contributed by atoms with Crippen LogP contribution in [0.5, 0.6) is 0 Å². The summed E-state index contributed by atoms with van der Waals surface area (Å²) < 4.78 is 26.4. The topological polar surface area (TPSA) is 0 Å². The Morgan fingerprint density at radius 1 is 1.58 bits per heavy atom. The quantitative estimate of drug-likeness (QED) is 0.583. The Morgan fingerprint density at radius 3 is 3.08 bits per heavy atom. The van der Waals surface area contributed by atoms with Crippen molar-refractivity contribution < 1.29 is 8.78 Å². The zero-order valence-corrected chi connectivity index (χ0v) is 7.42. The fourth-order valence-electron chi connectivity index (χ4n) is 1.30. The van der Waals surface area contributed by atoms with E-state index in [1.165, 1.54) is 24.3 Å². The predicted molar refractivity (Wildman–Crippen MR) is 46.6 cm³/mol. The van der Waals surface area contributed by atoms with Gasteiger partial charge in [-0.1, -0.05) is 0 Å². The first-order chi connectivity index (χ1) is 5.59. The predicted octanol–water partition coefficient (Wildman–Crippen LogP) is 3.34. The number of rotatable bonds is 0. The molecule has 0 fully saturated rings. The maximum Gasteiger partial charge on any atom is 0.164 e. The lowest BCUT2D eigenvalue weighted by Crippen LogP contribution is -2.24. The summed E-state index contributed by atoms with van der Waals surface area (Å²) in [5, 5.41) is 1.86. The number of halogens is 2. The molecule has 0 spiro atoms. The van der Waals surface area contributed by atoms with Gasteiger partial charge < -0.3 is 0 Å². The molecule has 0 aliphatic heterocycles. The van der Waals surface area contributed by atoms with Gasteiger partial charge in [-0.2, -0.15) is 0 Å². The van der Waals surface area contributed by atoms with Gasteiger partial charge in [0.05, 0.1) is 0 Å². The van der Waals surface area contributed by atoms with Crippen molar-refractivity contribution in [2.45, 2.75) is 19.0 Å². The third-order valence-corrected chi connectivity index (χ3v) is 2.99. The van der Waals surface area contributed by atoms with Crippen molar-refractivity contribution in [3.8, 4) is 0 Å². The summed E-state index contributed by atoms with van der Waals surface area (Å²) in [6, 6.07) is 1.81. The van der Waals surface area contributed by atoms with Gasteiger partial charge in [-0.3, -0.25) is 0 Å². The summed E-state index contributed by atoms with van der Waals surface area (Å²) in [5.41, 5.74) is -0.967. The van der Waals surface area contributed by atoms with Gasteiger partial charge in [-0.15, -0.1) is 11.3 Å². The minimum Gasteiger partial charge on any atom is -0.236 e. The van der Waals surface area contributed by atoms with E-state index in [0.717, 1.165) is 10.4 Å². The average Bonchev–Trinajstić information content (AvgIpc) is 2.35. The molecule has 3 heteroatoms. The Balaban J connectivity index is 2.51. The van der Waals surface area contributed by atoms with E-state index in [0.29, 0.717) is 0 Å². The maximum absolute atomic E-state index is 13.4. The molecular weight excluding hydrogens is 178 g/mol. The largest absolute Gasteiger partial charge is 0.236 e. The standard InChI is InChI=1S/C9H8F2S/c1-9(11)5-7-6(2-3-12-7)4-8(9)10/h2-4H,5H2,1H3. The molecule has 1 unspecified atom stereocenters. The highest BCUT2D eigenvalue weighted by Gasteiger charge is 2.34. The molecule has 2 rings (SSSR count). The Hall–Kier alpha value is -0.700.